The van der Waals surface area contributed by atoms with Gasteiger partial charge in [0.15, 0.2) is 5.96 Å². The number of fused-ring (bicyclic) bond motifs is 3. The highest BCUT2D eigenvalue weighted by molar-refractivity contribution is 14.0. The third-order valence-corrected chi connectivity index (χ3v) is 5.92. The number of nitrogens with one attached hydrogen (secondary N) is 2. The maximum atomic E-state index is 4.39. The van der Waals surface area contributed by atoms with E-state index in [1.807, 2.05) is 7.05 Å². The first-order valence-electron chi connectivity index (χ1n) is 8.66. The van der Waals surface area contributed by atoms with Crippen molar-refractivity contribution in [3.63, 3.8) is 0 Å². The van der Waals surface area contributed by atoms with E-state index in [0.29, 0.717) is 11.5 Å². The van der Waals surface area contributed by atoms with E-state index in [2.05, 4.69) is 32.3 Å². The van der Waals surface area contributed by atoms with Crippen LogP contribution in [0.4, 0.5) is 0 Å². The van der Waals surface area contributed by atoms with Crippen molar-refractivity contribution in [3.8, 4) is 0 Å². The first-order chi connectivity index (χ1) is 10.2. The molecule has 3 saturated heterocycles. The zero-order valence-electron chi connectivity index (χ0n) is 14.1. The van der Waals surface area contributed by atoms with Crippen LogP contribution < -0.4 is 10.6 Å². The molecule has 1 unspecified atom stereocenters. The lowest BCUT2D eigenvalue weighted by Gasteiger charge is -2.47. The molecule has 4 rings (SSSR count). The fourth-order valence-corrected chi connectivity index (χ4v) is 3.96. The Kier molecular flexibility index (Phi) is 6.76. The number of piperazine rings is 3. The van der Waals surface area contributed by atoms with Crippen LogP contribution in [0.5, 0.6) is 0 Å². The minimum Gasteiger partial charge on any atom is -0.356 e. The predicted octanol–water partition coefficient (Wildman–Crippen LogP) is 1.35. The first-order valence-corrected chi connectivity index (χ1v) is 8.66. The van der Waals surface area contributed by atoms with Gasteiger partial charge in [0, 0.05) is 58.9 Å². The van der Waals surface area contributed by atoms with Crippen LogP contribution >= 0.6 is 24.0 Å². The van der Waals surface area contributed by atoms with E-state index >= 15 is 0 Å². The van der Waals surface area contributed by atoms with Gasteiger partial charge in [-0.25, -0.2) is 0 Å². The monoisotopic (exact) mass is 421 g/mol. The molecule has 3 aliphatic heterocycles. The number of nitrogens with zero attached hydrogens (tertiary/aromatic N) is 3. The molecule has 0 spiro atoms. The smallest absolute Gasteiger partial charge is 0.191 e. The normalized spacial score (nSPS) is 32.8. The molecule has 0 aromatic carbocycles. The van der Waals surface area contributed by atoms with Crippen molar-refractivity contribution < 1.29 is 0 Å². The second-order valence-corrected chi connectivity index (χ2v) is 7.00. The van der Waals surface area contributed by atoms with Crippen LogP contribution in [0.15, 0.2) is 4.99 Å². The van der Waals surface area contributed by atoms with Crippen molar-refractivity contribution in [3.05, 3.63) is 0 Å². The number of hydrogen-bond donors (Lipinski definition) is 2. The van der Waals surface area contributed by atoms with Crippen molar-refractivity contribution in [2.24, 2.45) is 10.4 Å². The quantitative estimate of drug-likeness (QED) is 0.400. The minimum absolute atomic E-state index is 0. The Morgan fingerprint density at radius 1 is 1.18 bits per heavy atom. The van der Waals surface area contributed by atoms with Crippen LogP contribution in [0.2, 0.25) is 0 Å². The topological polar surface area (TPSA) is 42.9 Å². The van der Waals surface area contributed by atoms with Crippen LogP contribution in [-0.2, 0) is 0 Å². The Labute approximate surface area is 152 Å². The van der Waals surface area contributed by atoms with Gasteiger partial charge in [-0.15, -0.1) is 24.0 Å². The lowest BCUT2D eigenvalue weighted by atomic mass is 9.67. The van der Waals surface area contributed by atoms with Crippen LogP contribution in [0.1, 0.15) is 32.6 Å². The van der Waals surface area contributed by atoms with Gasteiger partial charge < -0.3 is 10.6 Å². The molecule has 128 valence electrons. The van der Waals surface area contributed by atoms with Crippen LogP contribution in [-0.4, -0.2) is 74.7 Å². The summed E-state index contributed by atoms with van der Waals surface area (Å²) in [6, 6.07) is 0.648. The Balaban J connectivity index is 0.00000176. The van der Waals surface area contributed by atoms with E-state index < -0.39 is 0 Å². The Hall–Kier alpha value is -0.0800. The third kappa shape index (κ3) is 4.06. The molecule has 0 aromatic heterocycles. The summed E-state index contributed by atoms with van der Waals surface area (Å²) in [5.74, 6) is 0.979. The molecule has 1 atom stereocenters. The maximum absolute atomic E-state index is 4.39. The molecule has 2 N–H and O–H groups in total. The van der Waals surface area contributed by atoms with Crippen molar-refractivity contribution in [1.29, 1.82) is 0 Å². The molecule has 2 bridgehead atoms. The summed E-state index contributed by atoms with van der Waals surface area (Å²) >= 11 is 0. The second kappa shape index (κ2) is 8.15. The fourth-order valence-electron chi connectivity index (χ4n) is 3.96. The van der Waals surface area contributed by atoms with Gasteiger partial charge in [-0.2, -0.15) is 0 Å². The molecule has 0 aromatic rings. The van der Waals surface area contributed by atoms with Crippen LogP contribution in [0.3, 0.4) is 0 Å². The lowest BCUT2D eigenvalue weighted by molar-refractivity contribution is 0.0154. The fraction of sp³-hybridized carbons (Fsp3) is 0.938. The van der Waals surface area contributed by atoms with Crippen molar-refractivity contribution >= 4 is 29.9 Å². The average Bonchev–Trinajstić information content (AvgIpc) is 2.50. The third-order valence-electron chi connectivity index (χ3n) is 5.92. The highest BCUT2D eigenvalue weighted by atomic mass is 127. The molecule has 4 aliphatic rings. The van der Waals surface area contributed by atoms with Gasteiger partial charge in [0.25, 0.3) is 0 Å². The predicted molar refractivity (Wildman–Crippen MR) is 103 cm³/mol. The summed E-state index contributed by atoms with van der Waals surface area (Å²) in [6.07, 6.45) is 5.43. The zero-order valence-corrected chi connectivity index (χ0v) is 16.4. The largest absolute Gasteiger partial charge is 0.356 e. The van der Waals surface area contributed by atoms with Crippen LogP contribution in [0, 0.1) is 5.41 Å². The molecule has 3 heterocycles. The van der Waals surface area contributed by atoms with Gasteiger partial charge >= 0.3 is 0 Å². The molecule has 5 nitrogen and oxygen atoms in total. The highest BCUT2D eigenvalue weighted by Crippen LogP contribution is 2.42. The SMILES string of the molecule is CCC1(CNC(=NC)NCC2CN3CCN2CC3)CCC1.I. The average molecular weight is 421 g/mol. The van der Waals surface area contributed by atoms with Gasteiger partial charge in [-0.05, 0) is 24.7 Å². The molecule has 0 amide bonds. The van der Waals surface area contributed by atoms with Crippen molar-refractivity contribution in [2.75, 3.05) is 52.9 Å². The summed E-state index contributed by atoms with van der Waals surface area (Å²) < 4.78 is 0. The van der Waals surface area contributed by atoms with E-state index in [9.17, 15) is 0 Å². The summed E-state index contributed by atoms with van der Waals surface area (Å²) in [6.45, 7) is 10.6. The van der Waals surface area contributed by atoms with E-state index in [1.165, 1.54) is 58.4 Å². The van der Waals surface area contributed by atoms with Gasteiger partial charge in [0.1, 0.15) is 0 Å². The minimum atomic E-state index is 0. The number of hydrogen-bond acceptors (Lipinski definition) is 3. The second-order valence-electron chi connectivity index (χ2n) is 7.00. The van der Waals surface area contributed by atoms with E-state index in [4.69, 9.17) is 0 Å². The Morgan fingerprint density at radius 3 is 2.36 bits per heavy atom. The maximum Gasteiger partial charge on any atom is 0.191 e. The van der Waals surface area contributed by atoms with Crippen molar-refractivity contribution in [1.82, 2.24) is 20.4 Å². The number of aliphatic imine (C=N–C) groups is 1. The molecule has 22 heavy (non-hydrogen) atoms. The Morgan fingerprint density at radius 2 is 1.91 bits per heavy atom. The number of rotatable bonds is 5. The Bertz CT molecular complexity index is 369. The molecule has 6 heteroatoms. The van der Waals surface area contributed by atoms with E-state index in [0.717, 1.165) is 19.0 Å². The van der Waals surface area contributed by atoms with Crippen molar-refractivity contribution in [2.45, 2.75) is 38.6 Å². The summed E-state index contributed by atoms with van der Waals surface area (Å²) in [4.78, 5) is 9.60. The molecule has 1 saturated carbocycles. The molecule has 1 aliphatic carbocycles. The van der Waals surface area contributed by atoms with Gasteiger partial charge in [-0.3, -0.25) is 14.8 Å². The number of guanidine groups is 1. The molecular weight excluding hydrogens is 389 g/mol. The first kappa shape index (κ1) is 18.3. The lowest BCUT2D eigenvalue weighted by Crippen LogP contribution is -2.64. The standard InChI is InChI=1S/C16H31N5.HI/c1-3-16(5-4-6-16)13-19-15(17-2)18-11-14-12-20-7-9-21(14)10-8-20;/h14H,3-13H2,1-2H3,(H2,17,18,19);1H. The summed E-state index contributed by atoms with van der Waals surface area (Å²) in [5, 5.41) is 7.09. The highest BCUT2D eigenvalue weighted by Gasteiger charge is 2.35. The molecule has 4 fully saturated rings. The molecule has 0 radical (unpaired) electrons. The van der Waals surface area contributed by atoms with Gasteiger partial charge in [0.05, 0.1) is 0 Å². The van der Waals surface area contributed by atoms with Crippen LogP contribution in [0.25, 0.3) is 0 Å². The molecular formula is C16H32IN5. The zero-order chi connectivity index (χ0) is 14.7. The number of halogens is 1. The summed E-state index contributed by atoms with van der Waals surface area (Å²) in [5.41, 5.74) is 0.538. The van der Waals surface area contributed by atoms with Gasteiger partial charge in [-0.1, -0.05) is 13.3 Å². The van der Waals surface area contributed by atoms with Gasteiger partial charge in [0.2, 0.25) is 0 Å². The van der Waals surface area contributed by atoms with E-state index in [1.54, 1.807) is 0 Å². The summed E-state index contributed by atoms with van der Waals surface area (Å²) in [7, 11) is 1.88. The van der Waals surface area contributed by atoms with E-state index in [-0.39, 0.29) is 24.0 Å².